The van der Waals surface area contributed by atoms with E-state index in [1.54, 1.807) is 28.4 Å². The van der Waals surface area contributed by atoms with Crippen LogP contribution in [-0.2, 0) is 24.1 Å². The molecule has 3 aliphatic rings. The van der Waals surface area contributed by atoms with Crippen LogP contribution >= 0.6 is 12.4 Å². The minimum atomic E-state index is 0. The fourth-order valence-electron chi connectivity index (χ4n) is 5.85. The first-order chi connectivity index (χ1) is 18.0. The summed E-state index contributed by atoms with van der Waals surface area (Å²) in [5.74, 6) is 4.64. The van der Waals surface area contributed by atoms with Gasteiger partial charge in [0.1, 0.15) is 0 Å². The van der Waals surface area contributed by atoms with Crippen molar-refractivity contribution in [3.8, 4) is 23.0 Å². The lowest BCUT2D eigenvalue weighted by Gasteiger charge is -2.36. The van der Waals surface area contributed by atoms with Crippen LogP contribution < -0.4 is 18.9 Å². The highest BCUT2D eigenvalue weighted by Crippen LogP contribution is 2.43. The van der Waals surface area contributed by atoms with Crippen LogP contribution in [0.25, 0.3) is 0 Å². The molecule has 1 fully saturated rings. The number of hydrogen-bond donors (Lipinski definition) is 0. The zero-order valence-electron chi connectivity index (χ0n) is 23.1. The van der Waals surface area contributed by atoms with Crippen molar-refractivity contribution >= 4 is 18.3 Å². The Morgan fingerprint density at radius 2 is 1.34 bits per heavy atom. The molecule has 0 unspecified atom stereocenters. The van der Waals surface area contributed by atoms with Crippen molar-refractivity contribution in [2.75, 3.05) is 61.2 Å². The van der Waals surface area contributed by atoms with E-state index in [4.69, 9.17) is 18.9 Å². The average molecular weight is 545 g/mol. The minimum Gasteiger partial charge on any atom is -0.493 e. The normalized spacial score (nSPS) is 17.9. The van der Waals surface area contributed by atoms with E-state index in [0.717, 1.165) is 80.9 Å². The molecule has 7 nitrogen and oxygen atoms in total. The molecule has 1 amide bonds. The third-order valence-corrected chi connectivity index (χ3v) is 8.25. The number of halogens is 1. The summed E-state index contributed by atoms with van der Waals surface area (Å²) in [4.78, 5) is 17.9. The Hall–Kier alpha value is -2.64. The quantitative estimate of drug-likeness (QED) is 0.415. The van der Waals surface area contributed by atoms with Gasteiger partial charge in [-0.2, -0.15) is 0 Å². The third-order valence-electron chi connectivity index (χ3n) is 8.25. The highest BCUT2D eigenvalue weighted by Gasteiger charge is 2.32. The number of ether oxygens (including phenoxy) is 4. The Balaban J connectivity index is 0.00000336. The summed E-state index contributed by atoms with van der Waals surface area (Å²) in [6, 6.07) is 8.39. The van der Waals surface area contributed by atoms with Crippen LogP contribution in [0.4, 0.5) is 0 Å². The smallest absolute Gasteiger partial charge is 0.223 e. The molecule has 2 aromatic carbocycles. The van der Waals surface area contributed by atoms with Crippen molar-refractivity contribution in [3.63, 3.8) is 0 Å². The number of hydrogen-bond acceptors (Lipinski definition) is 6. The summed E-state index contributed by atoms with van der Waals surface area (Å²) >= 11 is 0. The predicted octanol–water partition coefficient (Wildman–Crippen LogP) is 4.51. The summed E-state index contributed by atoms with van der Waals surface area (Å²) in [5, 5.41) is 0. The first-order valence-electron chi connectivity index (χ1n) is 13.5. The van der Waals surface area contributed by atoms with Crippen molar-refractivity contribution in [2.45, 2.75) is 44.4 Å². The minimum absolute atomic E-state index is 0. The number of fused-ring (bicyclic) bond motifs is 2. The van der Waals surface area contributed by atoms with E-state index >= 15 is 0 Å². The molecule has 1 heterocycles. The van der Waals surface area contributed by atoms with Crippen molar-refractivity contribution < 1.29 is 23.7 Å². The topological polar surface area (TPSA) is 60.5 Å². The molecule has 1 saturated carbocycles. The van der Waals surface area contributed by atoms with Gasteiger partial charge in [0.05, 0.1) is 28.4 Å². The van der Waals surface area contributed by atoms with E-state index in [1.807, 2.05) is 4.90 Å². The molecule has 2 aliphatic carbocycles. The molecule has 1 aliphatic heterocycles. The molecular weight excluding hydrogens is 504 g/mol. The largest absolute Gasteiger partial charge is 0.493 e. The second kappa shape index (κ2) is 12.5. The van der Waals surface area contributed by atoms with Gasteiger partial charge < -0.3 is 28.7 Å². The molecule has 5 rings (SSSR count). The molecule has 0 N–H and O–H groups in total. The first kappa shape index (κ1) is 28.4. The number of methoxy groups -OCH3 is 4. The van der Waals surface area contributed by atoms with Crippen LogP contribution in [0.15, 0.2) is 24.3 Å². The highest BCUT2D eigenvalue weighted by atomic mass is 35.5. The van der Waals surface area contributed by atoms with Crippen LogP contribution in [-0.4, -0.2) is 76.9 Å². The Morgan fingerprint density at radius 3 is 1.87 bits per heavy atom. The lowest BCUT2D eigenvalue weighted by atomic mass is 9.77. The monoisotopic (exact) mass is 544 g/mol. The van der Waals surface area contributed by atoms with Gasteiger partial charge in [-0.3, -0.25) is 4.79 Å². The molecule has 0 bridgehead atoms. The molecule has 8 heteroatoms. The zero-order chi connectivity index (χ0) is 25.9. The predicted molar refractivity (Wildman–Crippen MR) is 151 cm³/mol. The van der Waals surface area contributed by atoms with Gasteiger partial charge in [-0.15, -0.1) is 12.4 Å². The van der Waals surface area contributed by atoms with Gasteiger partial charge in [0.15, 0.2) is 23.0 Å². The molecule has 0 spiro atoms. The Morgan fingerprint density at radius 1 is 0.816 bits per heavy atom. The highest BCUT2D eigenvalue weighted by molar-refractivity contribution is 5.85. The third kappa shape index (κ3) is 6.15. The van der Waals surface area contributed by atoms with Crippen molar-refractivity contribution in [1.82, 2.24) is 9.80 Å². The number of carbonyl (C=O) groups excluding carboxylic acids is 1. The van der Waals surface area contributed by atoms with Gasteiger partial charge in [0.2, 0.25) is 5.91 Å². The summed E-state index contributed by atoms with van der Waals surface area (Å²) in [5.41, 5.74) is 5.21. The molecule has 208 valence electrons. The van der Waals surface area contributed by atoms with E-state index in [-0.39, 0.29) is 18.3 Å². The van der Waals surface area contributed by atoms with Gasteiger partial charge in [-0.05, 0) is 84.5 Å². The second-order valence-corrected chi connectivity index (χ2v) is 10.6. The number of nitrogens with zero attached hydrogens (tertiary/aromatic N) is 2. The van der Waals surface area contributed by atoms with Gasteiger partial charge >= 0.3 is 0 Å². The molecule has 0 aromatic heterocycles. The lowest BCUT2D eigenvalue weighted by Crippen LogP contribution is -2.39. The van der Waals surface area contributed by atoms with Gasteiger partial charge in [-0.25, -0.2) is 0 Å². The van der Waals surface area contributed by atoms with Crippen LogP contribution in [0, 0.1) is 5.92 Å². The average Bonchev–Trinajstić information content (AvgIpc) is 3.75. The standard InChI is InChI=1S/C30H40N2O5.ClH/c1-34-26-14-21-7-11-32(12-8-22(21)15-27(26)35-2)30(33)9-10-31(18-20-5-6-20)19-24-13-23-16-28(36-3)29(37-4)17-25(23)24;/h14-17,20,24H,5-13,18-19H2,1-4H3;1H/t24-;/m1./s1. The van der Waals surface area contributed by atoms with E-state index < -0.39 is 0 Å². The Labute approximate surface area is 232 Å². The van der Waals surface area contributed by atoms with Gasteiger partial charge in [0, 0.05) is 45.1 Å². The van der Waals surface area contributed by atoms with Gasteiger partial charge in [0.25, 0.3) is 0 Å². The van der Waals surface area contributed by atoms with Crippen LogP contribution in [0.2, 0.25) is 0 Å². The van der Waals surface area contributed by atoms with Crippen LogP contribution in [0.1, 0.15) is 47.4 Å². The molecule has 38 heavy (non-hydrogen) atoms. The maximum absolute atomic E-state index is 13.3. The number of rotatable bonds is 11. The Kier molecular flexibility index (Phi) is 9.32. The van der Waals surface area contributed by atoms with Gasteiger partial charge in [-0.1, -0.05) is 0 Å². The molecule has 0 radical (unpaired) electrons. The van der Waals surface area contributed by atoms with E-state index in [9.17, 15) is 4.79 Å². The lowest BCUT2D eigenvalue weighted by molar-refractivity contribution is -0.131. The zero-order valence-corrected chi connectivity index (χ0v) is 23.9. The summed E-state index contributed by atoms with van der Waals surface area (Å²) in [7, 11) is 6.71. The van der Waals surface area contributed by atoms with E-state index in [1.165, 1.54) is 35.1 Å². The van der Waals surface area contributed by atoms with Crippen molar-refractivity contribution in [3.05, 3.63) is 46.5 Å². The fraction of sp³-hybridized carbons (Fsp3) is 0.567. The molecule has 2 aromatic rings. The second-order valence-electron chi connectivity index (χ2n) is 10.6. The molecule has 0 saturated heterocycles. The summed E-state index contributed by atoms with van der Waals surface area (Å²) < 4.78 is 22.0. The maximum atomic E-state index is 13.3. The van der Waals surface area contributed by atoms with Crippen molar-refractivity contribution in [2.24, 2.45) is 5.92 Å². The molecule has 1 atom stereocenters. The summed E-state index contributed by atoms with van der Waals surface area (Å²) in [6.45, 7) is 4.41. The number of carbonyl (C=O) groups is 1. The van der Waals surface area contributed by atoms with E-state index in [2.05, 4.69) is 29.2 Å². The molecular formula is C30H41ClN2O5. The van der Waals surface area contributed by atoms with Crippen LogP contribution in [0.3, 0.4) is 0 Å². The maximum Gasteiger partial charge on any atom is 0.223 e. The fourth-order valence-corrected chi connectivity index (χ4v) is 5.85. The first-order valence-corrected chi connectivity index (χ1v) is 13.5. The SMILES string of the molecule is COc1cc2c(cc1OC)CCN(C(=O)CCN(CC1CC1)C[C@H]1Cc3cc(OC)c(OC)cc31)CC2.Cl. The van der Waals surface area contributed by atoms with E-state index in [0.29, 0.717) is 12.3 Å². The summed E-state index contributed by atoms with van der Waals surface area (Å²) in [6.07, 6.45) is 5.94. The van der Waals surface area contributed by atoms with Crippen LogP contribution in [0.5, 0.6) is 23.0 Å². The number of benzene rings is 2. The van der Waals surface area contributed by atoms with Crippen molar-refractivity contribution in [1.29, 1.82) is 0 Å². The number of amides is 1. The Bertz CT molecular complexity index is 1100.